The molecule has 1 saturated heterocycles. The van der Waals surface area contributed by atoms with Crippen LogP contribution < -0.4 is 10.6 Å². The minimum absolute atomic E-state index is 0.0399. The second-order valence-corrected chi connectivity index (χ2v) is 6.18. The first-order chi connectivity index (χ1) is 11.0. The zero-order chi connectivity index (χ0) is 16.8. The molecule has 0 saturated carbocycles. The van der Waals surface area contributed by atoms with Gasteiger partial charge in [-0.15, -0.1) is 0 Å². The quantitative estimate of drug-likeness (QED) is 0.816. The van der Waals surface area contributed by atoms with E-state index in [9.17, 15) is 9.59 Å². The third kappa shape index (κ3) is 5.06. The fourth-order valence-electron chi connectivity index (χ4n) is 2.86. The average Bonchev–Trinajstić information content (AvgIpc) is 2.83. The van der Waals surface area contributed by atoms with Crippen molar-refractivity contribution in [2.45, 2.75) is 33.1 Å². The molecule has 23 heavy (non-hydrogen) atoms. The maximum absolute atomic E-state index is 12.1. The summed E-state index contributed by atoms with van der Waals surface area (Å²) in [5.74, 6) is 0.908. The van der Waals surface area contributed by atoms with Gasteiger partial charge >= 0.3 is 0 Å². The Kier molecular flexibility index (Phi) is 6.15. The Morgan fingerprint density at radius 1 is 1.35 bits per heavy atom. The van der Waals surface area contributed by atoms with E-state index in [1.165, 1.54) is 0 Å². The van der Waals surface area contributed by atoms with Crippen LogP contribution in [0.1, 0.15) is 31.9 Å². The number of amides is 2. The monoisotopic (exact) mass is 321 g/mol. The molecule has 1 aromatic heterocycles. The van der Waals surface area contributed by atoms with Crippen LogP contribution in [0.2, 0.25) is 0 Å². The van der Waals surface area contributed by atoms with Crippen LogP contribution in [0, 0.1) is 12.8 Å². The highest BCUT2D eigenvalue weighted by atomic mass is 16.2. The highest BCUT2D eigenvalue weighted by Crippen LogP contribution is 2.17. The van der Waals surface area contributed by atoms with Crippen LogP contribution in [0.4, 0.5) is 5.82 Å². The standard InChI is InChI=1S/C16H27N5O2/c1-4-7-17-16(23)13-5-8-21(9-6-13)11-15(22)18-14-10-12(2)19-20(14)3/h10,13H,4-9,11H2,1-3H3,(H,17,23)(H,18,22). The number of aromatic nitrogens is 2. The Hall–Kier alpha value is -1.89. The van der Waals surface area contributed by atoms with E-state index in [1.54, 1.807) is 4.68 Å². The van der Waals surface area contributed by atoms with E-state index in [0.29, 0.717) is 12.4 Å². The lowest BCUT2D eigenvalue weighted by Crippen LogP contribution is -2.43. The lowest BCUT2D eigenvalue weighted by molar-refractivity contribution is -0.126. The molecule has 0 atom stereocenters. The molecule has 1 fully saturated rings. The second-order valence-electron chi connectivity index (χ2n) is 6.18. The largest absolute Gasteiger partial charge is 0.356 e. The minimum atomic E-state index is -0.0399. The van der Waals surface area contributed by atoms with Gasteiger partial charge in [0.1, 0.15) is 5.82 Å². The van der Waals surface area contributed by atoms with Crippen LogP contribution in [-0.4, -0.2) is 52.7 Å². The van der Waals surface area contributed by atoms with Crippen molar-refractivity contribution >= 4 is 17.6 Å². The van der Waals surface area contributed by atoms with Crippen LogP contribution in [0.5, 0.6) is 0 Å². The molecule has 1 aromatic rings. The summed E-state index contributed by atoms with van der Waals surface area (Å²) in [6.07, 6.45) is 2.58. The van der Waals surface area contributed by atoms with E-state index in [0.717, 1.165) is 44.6 Å². The lowest BCUT2D eigenvalue weighted by Gasteiger charge is -2.30. The number of rotatable bonds is 6. The van der Waals surface area contributed by atoms with Crippen LogP contribution in [0.3, 0.4) is 0 Å². The number of nitrogens with zero attached hydrogens (tertiary/aromatic N) is 3. The molecule has 7 nitrogen and oxygen atoms in total. The van der Waals surface area contributed by atoms with Crippen LogP contribution >= 0.6 is 0 Å². The predicted octanol–water partition coefficient (Wildman–Crippen LogP) is 0.905. The Morgan fingerprint density at radius 2 is 2.04 bits per heavy atom. The van der Waals surface area contributed by atoms with E-state index in [2.05, 4.69) is 20.6 Å². The first-order valence-electron chi connectivity index (χ1n) is 8.30. The normalized spacial score (nSPS) is 16.3. The van der Waals surface area contributed by atoms with E-state index >= 15 is 0 Å². The third-order valence-electron chi connectivity index (χ3n) is 4.14. The van der Waals surface area contributed by atoms with Gasteiger partial charge in [0.25, 0.3) is 0 Å². The van der Waals surface area contributed by atoms with Gasteiger partial charge in [0.2, 0.25) is 11.8 Å². The summed E-state index contributed by atoms with van der Waals surface area (Å²) in [4.78, 5) is 26.2. The van der Waals surface area contributed by atoms with Gasteiger partial charge < -0.3 is 10.6 Å². The van der Waals surface area contributed by atoms with E-state index in [4.69, 9.17) is 0 Å². The molecule has 7 heteroatoms. The maximum atomic E-state index is 12.1. The lowest BCUT2D eigenvalue weighted by atomic mass is 9.96. The molecule has 2 heterocycles. The number of hydrogen-bond acceptors (Lipinski definition) is 4. The molecule has 1 aliphatic heterocycles. The van der Waals surface area contributed by atoms with Gasteiger partial charge in [-0.05, 0) is 39.3 Å². The number of piperidine rings is 1. The molecule has 0 bridgehead atoms. The van der Waals surface area contributed by atoms with Gasteiger partial charge in [-0.1, -0.05) is 6.92 Å². The summed E-state index contributed by atoms with van der Waals surface area (Å²) in [6.45, 7) is 6.60. The van der Waals surface area contributed by atoms with Crippen molar-refractivity contribution in [1.29, 1.82) is 0 Å². The third-order valence-corrected chi connectivity index (χ3v) is 4.14. The summed E-state index contributed by atoms with van der Waals surface area (Å²) in [6, 6.07) is 1.85. The molecule has 0 aliphatic carbocycles. The van der Waals surface area contributed by atoms with Crippen molar-refractivity contribution in [3.8, 4) is 0 Å². The summed E-state index contributed by atoms with van der Waals surface area (Å²) >= 11 is 0. The number of nitrogens with one attached hydrogen (secondary N) is 2. The topological polar surface area (TPSA) is 79.3 Å². The summed E-state index contributed by atoms with van der Waals surface area (Å²) in [5, 5.41) is 10.0. The molecule has 0 spiro atoms. The number of likely N-dealkylation sites (tertiary alicyclic amines) is 1. The molecule has 2 amide bonds. The summed E-state index contributed by atoms with van der Waals surface area (Å²) < 4.78 is 1.66. The molecule has 128 valence electrons. The fourth-order valence-corrected chi connectivity index (χ4v) is 2.86. The first-order valence-corrected chi connectivity index (χ1v) is 8.30. The van der Waals surface area contributed by atoms with E-state index in [1.807, 2.05) is 27.0 Å². The van der Waals surface area contributed by atoms with Gasteiger partial charge in [-0.25, -0.2) is 0 Å². The molecule has 0 aromatic carbocycles. The number of aryl methyl sites for hydroxylation is 2. The van der Waals surface area contributed by atoms with Crippen LogP contribution in [0.15, 0.2) is 6.07 Å². The molecule has 1 aliphatic rings. The number of carbonyl (C=O) groups excluding carboxylic acids is 2. The van der Waals surface area contributed by atoms with E-state index < -0.39 is 0 Å². The average molecular weight is 321 g/mol. The summed E-state index contributed by atoms with van der Waals surface area (Å²) in [5.41, 5.74) is 0.877. The second kappa shape index (κ2) is 8.10. The Morgan fingerprint density at radius 3 is 2.61 bits per heavy atom. The molecule has 0 radical (unpaired) electrons. The Labute approximate surface area is 137 Å². The number of carbonyl (C=O) groups is 2. The zero-order valence-corrected chi connectivity index (χ0v) is 14.3. The maximum Gasteiger partial charge on any atom is 0.239 e. The van der Waals surface area contributed by atoms with Crippen molar-refractivity contribution in [3.63, 3.8) is 0 Å². The Balaban J connectivity index is 1.74. The SMILES string of the molecule is CCCNC(=O)C1CCN(CC(=O)Nc2cc(C)nn2C)CC1. The first kappa shape index (κ1) is 17.5. The van der Waals surface area contributed by atoms with Gasteiger partial charge in [-0.2, -0.15) is 5.10 Å². The van der Waals surface area contributed by atoms with Gasteiger partial charge in [-0.3, -0.25) is 19.2 Å². The van der Waals surface area contributed by atoms with Crippen LogP contribution in [-0.2, 0) is 16.6 Å². The predicted molar refractivity (Wildman–Crippen MR) is 89.0 cm³/mol. The van der Waals surface area contributed by atoms with Crippen molar-refractivity contribution in [2.75, 3.05) is 31.5 Å². The van der Waals surface area contributed by atoms with Crippen molar-refractivity contribution in [1.82, 2.24) is 20.0 Å². The van der Waals surface area contributed by atoms with Crippen molar-refractivity contribution in [2.24, 2.45) is 13.0 Å². The van der Waals surface area contributed by atoms with Gasteiger partial charge in [0.05, 0.1) is 12.2 Å². The number of anilines is 1. The van der Waals surface area contributed by atoms with Gasteiger partial charge in [0, 0.05) is 25.6 Å². The molecule has 0 unspecified atom stereocenters. The van der Waals surface area contributed by atoms with Crippen molar-refractivity contribution < 1.29 is 9.59 Å². The minimum Gasteiger partial charge on any atom is -0.356 e. The van der Waals surface area contributed by atoms with E-state index in [-0.39, 0.29) is 17.7 Å². The smallest absolute Gasteiger partial charge is 0.239 e. The molecular weight excluding hydrogens is 294 g/mol. The molecule has 2 rings (SSSR count). The Bertz CT molecular complexity index is 547. The fraction of sp³-hybridized carbons (Fsp3) is 0.688. The number of hydrogen-bond donors (Lipinski definition) is 2. The van der Waals surface area contributed by atoms with Gasteiger partial charge in [0.15, 0.2) is 0 Å². The molecular formula is C16H27N5O2. The summed E-state index contributed by atoms with van der Waals surface area (Å²) in [7, 11) is 1.81. The highest BCUT2D eigenvalue weighted by Gasteiger charge is 2.25. The van der Waals surface area contributed by atoms with Crippen molar-refractivity contribution in [3.05, 3.63) is 11.8 Å². The molecule has 2 N–H and O–H groups in total. The highest BCUT2D eigenvalue weighted by molar-refractivity contribution is 5.91. The zero-order valence-electron chi connectivity index (χ0n) is 14.3. The van der Waals surface area contributed by atoms with Crippen LogP contribution in [0.25, 0.3) is 0 Å².